The Morgan fingerprint density at radius 3 is 2.71 bits per heavy atom. The second kappa shape index (κ2) is 6.27. The van der Waals surface area contributed by atoms with Gasteiger partial charge in [0.15, 0.2) is 0 Å². The summed E-state index contributed by atoms with van der Waals surface area (Å²) in [5.74, 6) is 3.29. The molecule has 0 amide bonds. The van der Waals surface area contributed by atoms with Crippen molar-refractivity contribution >= 4 is 0 Å². The number of hydrogen-bond acceptors (Lipinski definition) is 3. The second-order valence-electron chi connectivity index (χ2n) is 4.89. The van der Waals surface area contributed by atoms with E-state index in [-0.39, 0.29) is 5.54 Å². The molecule has 0 atom stereocenters. The summed E-state index contributed by atoms with van der Waals surface area (Å²) in [6.45, 7) is 7.69. The number of nitrogens with one attached hydrogen (secondary N) is 1. The Labute approximate surface area is 104 Å². The molecule has 0 saturated heterocycles. The van der Waals surface area contributed by atoms with E-state index >= 15 is 0 Å². The molecule has 1 rings (SSSR count). The van der Waals surface area contributed by atoms with E-state index < -0.39 is 0 Å². The highest BCUT2D eigenvalue weighted by atomic mass is 16.5. The van der Waals surface area contributed by atoms with Crippen LogP contribution in [0.2, 0.25) is 0 Å². The molecule has 1 heterocycles. The largest absolute Gasteiger partial charge is 0.491 e. The van der Waals surface area contributed by atoms with E-state index in [9.17, 15) is 0 Å². The summed E-state index contributed by atoms with van der Waals surface area (Å²) in [7, 11) is 0. The number of pyridine rings is 1. The van der Waals surface area contributed by atoms with E-state index in [1.54, 1.807) is 6.20 Å². The van der Waals surface area contributed by atoms with Gasteiger partial charge in [-0.2, -0.15) is 0 Å². The molecule has 0 aliphatic carbocycles. The molecule has 0 aliphatic rings. The first-order valence-corrected chi connectivity index (χ1v) is 5.77. The lowest BCUT2D eigenvalue weighted by molar-refractivity contribution is 0.325. The van der Waals surface area contributed by atoms with Crippen molar-refractivity contribution in [2.75, 3.05) is 6.61 Å². The Bertz CT molecular complexity index is 371. The first kappa shape index (κ1) is 13.5. The van der Waals surface area contributed by atoms with Crippen LogP contribution in [0.3, 0.4) is 0 Å². The molecule has 1 aromatic rings. The maximum Gasteiger partial charge on any atom is 0.137 e. The smallest absolute Gasteiger partial charge is 0.137 e. The van der Waals surface area contributed by atoms with Crippen LogP contribution in [-0.2, 0) is 6.54 Å². The van der Waals surface area contributed by atoms with Crippen LogP contribution in [0.1, 0.15) is 32.9 Å². The number of ether oxygens (including phenoxy) is 1. The highest BCUT2D eigenvalue weighted by Crippen LogP contribution is 2.10. The minimum absolute atomic E-state index is 0.101. The minimum atomic E-state index is 0.101. The molecular weight excluding hydrogens is 212 g/mol. The van der Waals surface area contributed by atoms with Crippen LogP contribution in [0.4, 0.5) is 0 Å². The van der Waals surface area contributed by atoms with E-state index in [1.807, 2.05) is 12.1 Å². The van der Waals surface area contributed by atoms with Gasteiger partial charge in [0.1, 0.15) is 5.75 Å². The summed E-state index contributed by atoms with van der Waals surface area (Å²) in [5, 5.41) is 3.38. The lowest BCUT2D eigenvalue weighted by Crippen LogP contribution is -2.35. The molecule has 92 valence electrons. The van der Waals surface area contributed by atoms with Crippen molar-refractivity contribution in [1.29, 1.82) is 0 Å². The molecule has 0 aliphatic heterocycles. The third kappa shape index (κ3) is 5.94. The second-order valence-corrected chi connectivity index (χ2v) is 4.89. The number of terminal acetylenes is 1. The number of rotatable bonds is 5. The molecule has 1 aromatic heterocycles. The summed E-state index contributed by atoms with van der Waals surface area (Å²) >= 11 is 0. The van der Waals surface area contributed by atoms with Gasteiger partial charge in [-0.25, -0.2) is 0 Å². The fourth-order valence-electron chi connectivity index (χ4n) is 1.18. The van der Waals surface area contributed by atoms with Gasteiger partial charge in [0.2, 0.25) is 0 Å². The summed E-state index contributed by atoms with van der Waals surface area (Å²) in [6, 6.07) is 3.88. The van der Waals surface area contributed by atoms with Gasteiger partial charge >= 0.3 is 0 Å². The van der Waals surface area contributed by atoms with Gasteiger partial charge in [0, 0.05) is 18.5 Å². The first-order valence-electron chi connectivity index (χ1n) is 5.77. The molecule has 0 spiro atoms. The predicted octanol–water partition coefficient (Wildman–Crippen LogP) is 2.37. The van der Waals surface area contributed by atoms with E-state index in [0.717, 1.165) is 18.0 Å². The van der Waals surface area contributed by atoms with Crippen LogP contribution in [0.5, 0.6) is 5.75 Å². The predicted molar refractivity (Wildman–Crippen MR) is 69.8 cm³/mol. The normalized spacial score (nSPS) is 10.9. The van der Waals surface area contributed by atoms with Crippen molar-refractivity contribution in [3.63, 3.8) is 0 Å². The highest BCUT2D eigenvalue weighted by Gasteiger charge is 2.08. The maximum absolute atomic E-state index is 5.42. The lowest BCUT2D eigenvalue weighted by Gasteiger charge is -2.20. The van der Waals surface area contributed by atoms with Crippen LogP contribution >= 0.6 is 0 Å². The van der Waals surface area contributed by atoms with Gasteiger partial charge in [0.25, 0.3) is 0 Å². The highest BCUT2D eigenvalue weighted by molar-refractivity contribution is 5.20. The number of aromatic nitrogens is 1. The molecule has 0 aromatic carbocycles. The van der Waals surface area contributed by atoms with Crippen molar-refractivity contribution in [2.45, 2.75) is 39.3 Å². The molecule has 0 radical (unpaired) electrons. The Kier molecular flexibility index (Phi) is 4.99. The molecule has 0 unspecified atom stereocenters. The molecule has 1 N–H and O–H groups in total. The molecule has 0 bridgehead atoms. The number of nitrogens with zero attached hydrogens (tertiary/aromatic N) is 1. The summed E-state index contributed by atoms with van der Waals surface area (Å²) in [5.41, 5.74) is 1.10. The zero-order chi connectivity index (χ0) is 12.7. The van der Waals surface area contributed by atoms with E-state index in [0.29, 0.717) is 13.0 Å². The summed E-state index contributed by atoms with van der Waals surface area (Å²) < 4.78 is 5.42. The van der Waals surface area contributed by atoms with Crippen LogP contribution in [-0.4, -0.2) is 17.1 Å². The van der Waals surface area contributed by atoms with Crippen LogP contribution in [0.25, 0.3) is 0 Å². The van der Waals surface area contributed by atoms with Crippen LogP contribution in [0, 0.1) is 12.3 Å². The van der Waals surface area contributed by atoms with Crippen molar-refractivity contribution in [2.24, 2.45) is 0 Å². The summed E-state index contributed by atoms with van der Waals surface area (Å²) in [4.78, 5) is 4.32. The Morgan fingerprint density at radius 2 is 2.18 bits per heavy atom. The van der Waals surface area contributed by atoms with Crippen molar-refractivity contribution in [3.05, 3.63) is 24.0 Å². The molecule has 0 saturated carbocycles. The van der Waals surface area contributed by atoms with Crippen molar-refractivity contribution < 1.29 is 4.74 Å². The topological polar surface area (TPSA) is 34.1 Å². The monoisotopic (exact) mass is 232 g/mol. The Balaban J connectivity index is 2.42. The minimum Gasteiger partial charge on any atom is -0.491 e. The van der Waals surface area contributed by atoms with Gasteiger partial charge in [-0.05, 0) is 32.9 Å². The zero-order valence-electron chi connectivity index (χ0n) is 10.8. The van der Waals surface area contributed by atoms with Gasteiger partial charge in [-0.1, -0.05) is 0 Å². The first-order chi connectivity index (χ1) is 8.01. The fraction of sp³-hybridized carbons (Fsp3) is 0.500. The lowest BCUT2D eigenvalue weighted by atomic mass is 10.1. The Hall–Kier alpha value is -1.53. The maximum atomic E-state index is 5.42. The SMILES string of the molecule is C#CCCOc1ccc(CNC(C)(C)C)nc1. The van der Waals surface area contributed by atoms with Gasteiger partial charge < -0.3 is 10.1 Å². The third-order valence-electron chi connectivity index (χ3n) is 2.11. The average Bonchev–Trinajstić information content (AvgIpc) is 2.27. The molecule has 3 heteroatoms. The van der Waals surface area contributed by atoms with Crippen LogP contribution < -0.4 is 10.1 Å². The quantitative estimate of drug-likeness (QED) is 0.625. The van der Waals surface area contributed by atoms with Crippen molar-refractivity contribution in [3.8, 4) is 18.1 Å². The fourth-order valence-corrected chi connectivity index (χ4v) is 1.18. The van der Waals surface area contributed by atoms with Gasteiger partial charge in [-0.15, -0.1) is 12.3 Å². The van der Waals surface area contributed by atoms with Crippen molar-refractivity contribution in [1.82, 2.24) is 10.3 Å². The molecule has 17 heavy (non-hydrogen) atoms. The Morgan fingerprint density at radius 1 is 1.41 bits per heavy atom. The molecule has 0 fully saturated rings. The van der Waals surface area contributed by atoms with Gasteiger partial charge in [-0.3, -0.25) is 4.98 Å². The van der Waals surface area contributed by atoms with E-state index in [1.165, 1.54) is 0 Å². The summed E-state index contributed by atoms with van der Waals surface area (Å²) in [6.07, 6.45) is 7.49. The molecular formula is C14H20N2O. The standard InChI is InChI=1S/C14H20N2O/c1-5-6-9-17-13-8-7-12(15-11-13)10-16-14(2,3)4/h1,7-8,11,16H,6,9-10H2,2-4H3. The third-order valence-corrected chi connectivity index (χ3v) is 2.11. The van der Waals surface area contributed by atoms with Crippen LogP contribution in [0.15, 0.2) is 18.3 Å². The molecule has 3 nitrogen and oxygen atoms in total. The van der Waals surface area contributed by atoms with E-state index in [4.69, 9.17) is 11.2 Å². The van der Waals surface area contributed by atoms with Gasteiger partial charge in [0.05, 0.1) is 18.5 Å². The zero-order valence-corrected chi connectivity index (χ0v) is 10.8. The average molecular weight is 232 g/mol. The number of hydrogen-bond donors (Lipinski definition) is 1. The van der Waals surface area contributed by atoms with E-state index in [2.05, 4.69) is 37.0 Å².